The fourth-order valence-corrected chi connectivity index (χ4v) is 1.43. The molecular formula is C9H10BF3O3. The summed E-state index contributed by atoms with van der Waals surface area (Å²) in [5, 5.41) is 18.0. The van der Waals surface area contributed by atoms with Gasteiger partial charge in [-0.05, 0) is 24.6 Å². The Morgan fingerprint density at radius 1 is 1.25 bits per heavy atom. The molecule has 1 aromatic rings. The van der Waals surface area contributed by atoms with Crippen molar-refractivity contribution < 1.29 is 28.0 Å². The molecule has 0 saturated heterocycles. The van der Waals surface area contributed by atoms with E-state index in [9.17, 15) is 13.2 Å². The Kier molecular flexibility index (Phi) is 3.49. The fraction of sp³-hybridized carbons (Fsp3) is 0.333. The smallest absolute Gasteiger partial charge is 0.492 e. The number of ether oxygens (including phenoxy) is 1. The van der Waals surface area contributed by atoms with Gasteiger partial charge < -0.3 is 14.8 Å². The van der Waals surface area contributed by atoms with Crippen LogP contribution in [0.1, 0.15) is 11.1 Å². The number of aryl methyl sites for hydroxylation is 1. The van der Waals surface area contributed by atoms with Gasteiger partial charge in [-0.3, -0.25) is 0 Å². The summed E-state index contributed by atoms with van der Waals surface area (Å²) in [7, 11) is -0.696. The molecule has 0 aliphatic carbocycles. The van der Waals surface area contributed by atoms with Crippen molar-refractivity contribution in [3.05, 3.63) is 23.3 Å². The maximum absolute atomic E-state index is 12.4. The highest BCUT2D eigenvalue weighted by atomic mass is 19.4. The summed E-state index contributed by atoms with van der Waals surface area (Å²) >= 11 is 0. The van der Waals surface area contributed by atoms with Crippen molar-refractivity contribution in [3.8, 4) is 5.75 Å². The van der Waals surface area contributed by atoms with Gasteiger partial charge in [0, 0.05) is 5.46 Å². The van der Waals surface area contributed by atoms with Gasteiger partial charge in [0.25, 0.3) is 0 Å². The van der Waals surface area contributed by atoms with Crippen LogP contribution in [-0.2, 0) is 6.18 Å². The molecule has 0 bridgehead atoms. The van der Waals surface area contributed by atoms with Gasteiger partial charge in [-0.15, -0.1) is 0 Å². The number of methoxy groups -OCH3 is 1. The van der Waals surface area contributed by atoms with Crippen LogP contribution in [0.15, 0.2) is 12.1 Å². The summed E-state index contributed by atoms with van der Waals surface area (Å²) in [5.74, 6) is -0.192. The zero-order chi connectivity index (χ0) is 12.5. The molecule has 0 saturated carbocycles. The van der Waals surface area contributed by atoms with E-state index in [1.165, 1.54) is 14.0 Å². The normalized spacial score (nSPS) is 11.4. The molecule has 0 unspecified atom stereocenters. The molecule has 1 aromatic carbocycles. The summed E-state index contributed by atoms with van der Waals surface area (Å²) in [4.78, 5) is 0. The molecule has 0 aliphatic rings. The van der Waals surface area contributed by atoms with Gasteiger partial charge in [-0.1, -0.05) is 0 Å². The molecule has 0 aliphatic heterocycles. The van der Waals surface area contributed by atoms with E-state index in [2.05, 4.69) is 0 Å². The predicted molar refractivity (Wildman–Crippen MR) is 52.6 cm³/mol. The number of rotatable bonds is 2. The van der Waals surface area contributed by atoms with Gasteiger partial charge in [-0.25, -0.2) is 0 Å². The SMILES string of the molecule is COc1cc(C(F)(F)F)cc(C)c1B(O)O. The summed E-state index contributed by atoms with van der Waals surface area (Å²) < 4.78 is 42.0. The third-order valence-electron chi connectivity index (χ3n) is 2.15. The first-order chi connectivity index (χ1) is 7.27. The van der Waals surface area contributed by atoms with E-state index in [1.54, 1.807) is 0 Å². The second kappa shape index (κ2) is 4.35. The highest BCUT2D eigenvalue weighted by molar-refractivity contribution is 6.60. The average molecular weight is 234 g/mol. The minimum absolute atomic E-state index is 0.0597. The lowest BCUT2D eigenvalue weighted by Gasteiger charge is -2.15. The number of halogens is 3. The van der Waals surface area contributed by atoms with Crippen LogP contribution in [0.3, 0.4) is 0 Å². The quantitative estimate of drug-likeness (QED) is 0.740. The molecule has 2 N–H and O–H groups in total. The molecule has 0 atom stereocenters. The molecule has 7 heteroatoms. The minimum atomic E-state index is -4.49. The Labute approximate surface area is 90.6 Å². The van der Waals surface area contributed by atoms with E-state index >= 15 is 0 Å². The second-order valence-corrected chi connectivity index (χ2v) is 3.28. The molecule has 0 aromatic heterocycles. The predicted octanol–water partition coefficient (Wildman–Crippen LogP) is 0.702. The number of benzene rings is 1. The highest BCUT2D eigenvalue weighted by Crippen LogP contribution is 2.31. The van der Waals surface area contributed by atoms with Gasteiger partial charge >= 0.3 is 13.3 Å². The van der Waals surface area contributed by atoms with Crippen molar-refractivity contribution in [1.82, 2.24) is 0 Å². The van der Waals surface area contributed by atoms with Gasteiger partial charge in [0.05, 0.1) is 12.7 Å². The van der Waals surface area contributed by atoms with Crippen LogP contribution in [0.2, 0.25) is 0 Å². The molecule has 0 spiro atoms. The highest BCUT2D eigenvalue weighted by Gasteiger charge is 2.33. The standard InChI is InChI=1S/C9H10BF3O3/c1-5-3-6(9(11,12)13)4-7(16-2)8(5)10(14)15/h3-4,14-15H,1-2H3. The first-order valence-corrected chi connectivity index (χ1v) is 4.39. The van der Waals surface area contributed by atoms with Crippen LogP contribution in [0, 0.1) is 6.92 Å². The van der Waals surface area contributed by atoms with E-state index in [0.29, 0.717) is 0 Å². The van der Waals surface area contributed by atoms with Gasteiger partial charge in [0.2, 0.25) is 0 Å². The third kappa shape index (κ3) is 2.48. The van der Waals surface area contributed by atoms with Crippen molar-refractivity contribution in [2.45, 2.75) is 13.1 Å². The Bertz CT molecular complexity index is 390. The molecule has 3 nitrogen and oxygen atoms in total. The Morgan fingerprint density at radius 3 is 2.19 bits per heavy atom. The zero-order valence-corrected chi connectivity index (χ0v) is 8.67. The maximum atomic E-state index is 12.4. The first kappa shape index (κ1) is 12.9. The second-order valence-electron chi connectivity index (χ2n) is 3.28. The molecule has 0 fully saturated rings. The fourth-order valence-electron chi connectivity index (χ4n) is 1.43. The third-order valence-corrected chi connectivity index (χ3v) is 2.15. The number of alkyl halides is 3. The van der Waals surface area contributed by atoms with E-state index in [0.717, 1.165) is 12.1 Å². The zero-order valence-electron chi connectivity index (χ0n) is 8.67. The van der Waals surface area contributed by atoms with Crippen molar-refractivity contribution in [1.29, 1.82) is 0 Å². The Morgan fingerprint density at radius 2 is 1.81 bits per heavy atom. The summed E-state index contributed by atoms with van der Waals surface area (Å²) in [5.41, 5.74) is -0.830. The van der Waals surface area contributed by atoms with Gasteiger partial charge in [0.15, 0.2) is 0 Å². The largest absolute Gasteiger partial charge is 0.497 e. The molecule has 1 rings (SSSR count). The lowest BCUT2D eigenvalue weighted by atomic mass is 9.76. The van der Waals surface area contributed by atoms with Crippen molar-refractivity contribution >= 4 is 12.6 Å². The van der Waals surface area contributed by atoms with Crippen LogP contribution in [0.4, 0.5) is 13.2 Å². The minimum Gasteiger partial charge on any atom is -0.497 e. The van der Waals surface area contributed by atoms with Crippen LogP contribution in [0.5, 0.6) is 5.75 Å². The lowest BCUT2D eigenvalue weighted by Crippen LogP contribution is -2.34. The molecule has 0 amide bonds. The van der Waals surface area contributed by atoms with Crippen molar-refractivity contribution in [2.75, 3.05) is 7.11 Å². The molecule has 16 heavy (non-hydrogen) atoms. The molecular weight excluding hydrogens is 224 g/mol. The Hall–Kier alpha value is -1.21. The molecule has 0 radical (unpaired) electrons. The maximum Gasteiger partial charge on any atom is 0.492 e. The van der Waals surface area contributed by atoms with Crippen LogP contribution < -0.4 is 10.2 Å². The monoisotopic (exact) mass is 234 g/mol. The van der Waals surface area contributed by atoms with E-state index < -0.39 is 18.9 Å². The average Bonchev–Trinajstić information content (AvgIpc) is 2.14. The van der Waals surface area contributed by atoms with Crippen LogP contribution in [0.25, 0.3) is 0 Å². The van der Waals surface area contributed by atoms with Crippen molar-refractivity contribution in [2.24, 2.45) is 0 Å². The summed E-state index contributed by atoms with van der Waals surface area (Å²) in [6.07, 6.45) is -4.49. The molecule has 0 heterocycles. The van der Waals surface area contributed by atoms with E-state index in [1.807, 2.05) is 0 Å². The van der Waals surface area contributed by atoms with Crippen LogP contribution in [-0.4, -0.2) is 24.3 Å². The number of hydrogen-bond acceptors (Lipinski definition) is 3. The van der Waals surface area contributed by atoms with Gasteiger partial charge in [0.1, 0.15) is 5.75 Å². The number of hydrogen-bond donors (Lipinski definition) is 2. The Balaban J connectivity index is 3.38. The van der Waals surface area contributed by atoms with E-state index in [-0.39, 0.29) is 16.8 Å². The van der Waals surface area contributed by atoms with Crippen molar-refractivity contribution in [3.63, 3.8) is 0 Å². The topological polar surface area (TPSA) is 49.7 Å². The summed E-state index contributed by atoms with van der Waals surface area (Å²) in [6.45, 7) is 1.35. The van der Waals surface area contributed by atoms with Crippen LogP contribution >= 0.6 is 0 Å². The summed E-state index contributed by atoms with van der Waals surface area (Å²) in [6, 6.07) is 1.58. The van der Waals surface area contributed by atoms with E-state index in [4.69, 9.17) is 14.8 Å². The van der Waals surface area contributed by atoms with Gasteiger partial charge in [-0.2, -0.15) is 13.2 Å². The molecule has 88 valence electrons. The lowest BCUT2D eigenvalue weighted by molar-refractivity contribution is -0.137. The first-order valence-electron chi connectivity index (χ1n) is 4.39.